The number of hydrogen-bond acceptors (Lipinski definition) is 3. The van der Waals surface area contributed by atoms with Crippen LogP contribution in [0, 0.1) is 12.7 Å². The van der Waals surface area contributed by atoms with Crippen LogP contribution in [-0.4, -0.2) is 32.6 Å². The molecule has 1 unspecified atom stereocenters. The highest BCUT2D eigenvalue weighted by Crippen LogP contribution is 2.17. The molecule has 1 fully saturated rings. The molecule has 4 heteroatoms. The molecule has 1 aromatic rings. The molecule has 3 nitrogen and oxygen atoms in total. The summed E-state index contributed by atoms with van der Waals surface area (Å²) >= 11 is 0. The molecule has 1 N–H and O–H groups in total. The normalized spacial score (nSPS) is 18.2. The van der Waals surface area contributed by atoms with E-state index in [1.807, 2.05) is 20.0 Å². The standard InChI is InChI=1S/C14H20FNO2/c1-10-7-12(15)4-3-11(10)8-13(16-2)9-14-17-5-6-18-14/h3-4,7,13-14,16H,5-6,8-9H2,1-2H3. The van der Waals surface area contributed by atoms with Gasteiger partial charge in [-0.2, -0.15) is 0 Å². The third-order valence-electron chi connectivity index (χ3n) is 3.35. The number of ether oxygens (including phenoxy) is 2. The lowest BCUT2D eigenvalue weighted by Crippen LogP contribution is -2.32. The van der Waals surface area contributed by atoms with Crippen LogP contribution in [0.5, 0.6) is 0 Å². The van der Waals surface area contributed by atoms with Gasteiger partial charge in [-0.1, -0.05) is 6.07 Å². The van der Waals surface area contributed by atoms with Crippen molar-refractivity contribution in [3.8, 4) is 0 Å². The molecular weight excluding hydrogens is 233 g/mol. The fraction of sp³-hybridized carbons (Fsp3) is 0.571. The van der Waals surface area contributed by atoms with E-state index in [4.69, 9.17) is 9.47 Å². The van der Waals surface area contributed by atoms with Gasteiger partial charge in [0.05, 0.1) is 13.2 Å². The Labute approximate surface area is 107 Å². The smallest absolute Gasteiger partial charge is 0.159 e. The summed E-state index contributed by atoms with van der Waals surface area (Å²) < 4.78 is 23.9. The summed E-state index contributed by atoms with van der Waals surface area (Å²) in [6.07, 6.45) is 1.56. The lowest BCUT2D eigenvalue weighted by atomic mass is 9.99. The monoisotopic (exact) mass is 253 g/mol. The van der Waals surface area contributed by atoms with Crippen LogP contribution in [0.2, 0.25) is 0 Å². The molecule has 1 heterocycles. The first-order valence-electron chi connectivity index (χ1n) is 6.34. The molecule has 0 aromatic heterocycles. The second-order valence-electron chi connectivity index (χ2n) is 4.67. The first-order valence-corrected chi connectivity index (χ1v) is 6.34. The molecule has 1 saturated heterocycles. The van der Waals surface area contributed by atoms with Gasteiger partial charge < -0.3 is 14.8 Å². The SMILES string of the molecule is CNC(Cc1ccc(F)cc1C)CC1OCCO1. The van der Waals surface area contributed by atoms with Gasteiger partial charge in [-0.15, -0.1) is 0 Å². The molecule has 0 bridgehead atoms. The Morgan fingerprint density at radius 3 is 2.72 bits per heavy atom. The maximum atomic E-state index is 13.0. The van der Waals surface area contributed by atoms with Gasteiger partial charge >= 0.3 is 0 Å². The Balaban J connectivity index is 1.96. The Bertz CT molecular complexity index is 391. The molecule has 0 radical (unpaired) electrons. The van der Waals surface area contributed by atoms with Crippen LogP contribution in [0.4, 0.5) is 4.39 Å². The highest BCUT2D eigenvalue weighted by molar-refractivity contribution is 5.27. The second-order valence-corrected chi connectivity index (χ2v) is 4.67. The molecule has 0 amide bonds. The summed E-state index contributed by atoms with van der Waals surface area (Å²) in [5.41, 5.74) is 2.15. The Kier molecular flexibility index (Phi) is 4.69. The van der Waals surface area contributed by atoms with E-state index in [-0.39, 0.29) is 18.1 Å². The number of rotatable bonds is 5. The molecule has 100 valence electrons. The minimum atomic E-state index is -0.181. The van der Waals surface area contributed by atoms with Crippen molar-refractivity contribution >= 4 is 0 Å². The molecule has 18 heavy (non-hydrogen) atoms. The number of halogens is 1. The summed E-state index contributed by atoms with van der Waals surface area (Å²) in [6.45, 7) is 3.29. The molecule has 1 aliphatic rings. The highest BCUT2D eigenvalue weighted by atomic mass is 19.1. The maximum absolute atomic E-state index is 13.0. The zero-order valence-corrected chi connectivity index (χ0v) is 10.9. The van der Waals surface area contributed by atoms with Crippen LogP contribution in [0.3, 0.4) is 0 Å². The molecule has 1 atom stereocenters. The first-order chi connectivity index (χ1) is 8.69. The van der Waals surface area contributed by atoms with Crippen LogP contribution in [0.15, 0.2) is 18.2 Å². The van der Waals surface area contributed by atoms with E-state index in [2.05, 4.69) is 5.32 Å². The number of hydrogen-bond donors (Lipinski definition) is 1. The third kappa shape index (κ3) is 3.51. The average Bonchev–Trinajstić information content (AvgIpc) is 2.84. The van der Waals surface area contributed by atoms with Crippen molar-refractivity contribution in [1.82, 2.24) is 5.32 Å². The van der Waals surface area contributed by atoms with Crippen molar-refractivity contribution in [3.63, 3.8) is 0 Å². The average molecular weight is 253 g/mol. The summed E-state index contributed by atoms with van der Waals surface area (Å²) in [5, 5.41) is 3.27. The van der Waals surface area contributed by atoms with Crippen molar-refractivity contribution in [2.75, 3.05) is 20.3 Å². The van der Waals surface area contributed by atoms with Gasteiger partial charge in [0.15, 0.2) is 6.29 Å². The van der Waals surface area contributed by atoms with Crippen molar-refractivity contribution in [3.05, 3.63) is 35.1 Å². The van der Waals surface area contributed by atoms with Gasteiger partial charge in [0.1, 0.15) is 5.82 Å². The predicted molar refractivity (Wildman–Crippen MR) is 68.0 cm³/mol. The van der Waals surface area contributed by atoms with Crippen LogP contribution in [0.25, 0.3) is 0 Å². The van der Waals surface area contributed by atoms with E-state index in [1.54, 1.807) is 6.07 Å². The topological polar surface area (TPSA) is 30.5 Å². The molecular formula is C14H20FNO2. The van der Waals surface area contributed by atoms with Crippen molar-refractivity contribution < 1.29 is 13.9 Å². The van der Waals surface area contributed by atoms with Crippen LogP contribution in [-0.2, 0) is 15.9 Å². The van der Waals surface area contributed by atoms with Gasteiger partial charge in [-0.25, -0.2) is 4.39 Å². The number of nitrogens with one attached hydrogen (secondary N) is 1. The van der Waals surface area contributed by atoms with Crippen molar-refractivity contribution in [2.45, 2.75) is 32.1 Å². The van der Waals surface area contributed by atoms with Gasteiger partial charge in [-0.05, 0) is 43.7 Å². The molecule has 2 rings (SSSR count). The minimum absolute atomic E-state index is 0.108. The Hall–Kier alpha value is -0.970. The van der Waals surface area contributed by atoms with Crippen molar-refractivity contribution in [2.24, 2.45) is 0 Å². The van der Waals surface area contributed by atoms with Crippen LogP contribution >= 0.6 is 0 Å². The quantitative estimate of drug-likeness (QED) is 0.871. The predicted octanol–water partition coefficient (Wildman–Crippen LogP) is 2.03. The fourth-order valence-electron chi connectivity index (χ4n) is 2.23. The summed E-state index contributed by atoms with van der Waals surface area (Å²) in [6, 6.07) is 5.21. The zero-order chi connectivity index (χ0) is 13.0. The first kappa shape index (κ1) is 13.5. The highest BCUT2D eigenvalue weighted by Gasteiger charge is 2.21. The molecule has 1 aliphatic heterocycles. The number of aryl methyl sites for hydroxylation is 1. The lowest BCUT2D eigenvalue weighted by molar-refractivity contribution is -0.0522. The molecule has 0 spiro atoms. The largest absolute Gasteiger partial charge is 0.350 e. The van der Waals surface area contributed by atoms with Crippen LogP contribution < -0.4 is 5.32 Å². The van der Waals surface area contributed by atoms with Gasteiger partial charge in [0, 0.05) is 12.5 Å². The van der Waals surface area contributed by atoms with Gasteiger partial charge in [0.2, 0.25) is 0 Å². The van der Waals surface area contributed by atoms with Gasteiger partial charge in [-0.3, -0.25) is 0 Å². The molecule has 1 aromatic carbocycles. The molecule has 0 aliphatic carbocycles. The summed E-state index contributed by atoms with van der Waals surface area (Å²) in [5.74, 6) is -0.181. The van der Waals surface area contributed by atoms with E-state index in [0.29, 0.717) is 13.2 Å². The number of benzene rings is 1. The fourth-order valence-corrected chi connectivity index (χ4v) is 2.23. The maximum Gasteiger partial charge on any atom is 0.159 e. The van der Waals surface area contributed by atoms with E-state index < -0.39 is 0 Å². The second kappa shape index (κ2) is 6.27. The Morgan fingerprint density at radius 2 is 2.11 bits per heavy atom. The van der Waals surface area contributed by atoms with E-state index >= 15 is 0 Å². The van der Waals surface area contributed by atoms with E-state index in [0.717, 1.165) is 24.0 Å². The molecule has 0 saturated carbocycles. The lowest BCUT2D eigenvalue weighted by Gasteiger charge is -2.20. The van der Waals surface area contributed by atoms with Crippen LogP contribution in [0.1, 0.15) is 17.5 Å². The summed E-state index contributed by atoms with van der Waals surface area (Å²) in [7, 11) is 1.93. The Morgan fingerprint density at radius 1 is 1.39 bits per heavy atom. The van der Waals surface area contributed by atoms with Gasteiger partial charge in [0.25, 0.3) is 0 Å². The number of likely N-dealkylation sites (N-methyl/N-ethyl adjacent to an activating group) is 1. The third-order valence-corrected chi connectivity index (χ3v) is 3.35. The van der Waals surface area contributed by atoms with Crippen molar-refractivity contribution in [1.29, 1.82) is 0 Å². The van der Waals surface area contributed by atoms with E-state index in [1.165, 1.54) is 6.07 Å². The summed E-state index contributed by atoms with van der Waals surface area (Å²) in [4.78, 5) is 0. The zero-order valence-electron chi connectivity index (χ0n) is 10.9. The van der Waals surface area contributed by atoms with E-state index in [9.17, 15) is 4.39 Å². The minimum Gasteiger partial charge on any atom is -0.350 e.